The number of nitrogens with one attached hydrogen (secondary N) is 1. The lowest BCUT2D eigenvalue weighted by atomic mass is 10.3. The van der Waals surface area contributed by atoms with Crippen LogP contribution in [-0.4, -0.2) is 32.7 Å². The standard InChI is InChI=1S/C5H12N2O2/c1-7-3-5(2-6)9-4-8/h4-5,7H,2-3,6H2,1H3. The van der Waals surface area contributed by atoms with Crippen LogP contribution in [0.2, 0.25) is 0 Å². The molecule has 4 heteroatoms. The van der Waals surface area contributed by atoms with E-state index in [-0.39, 0.29) is 6.10 Å². The van der Waals surface area contributed by atoms with Crippen molar-refractivity contribution in [1.29, 1.82) is 0 Å². The van der Waals surface area contributed by atoms with Crippen LogP contribution in [-0.2, 0) is 9.53 Å². The molecular weight excluding hydrogens is 120 g/mol. The number of hydrogen-bond donors (Lipinski definition) is 2. The number of hydrogen-bond acceptors (Lipinski definition) is 4. The minimum absolute atomic E-state index is 0.188. The van der Waals surface area contributed by atoms with Crippen LogP contribution in [0.5, 0.6) is 0 Å². The summed E-state index contributed by atoms with van der Waals surface area (Å²) in [7, 11) is 1.77. The van der Waals surface area contributed by atoms with Crippen LogP contribution < -0.4 is 11.1 Å². The molecule has 1 atom stereocenters. The first-order valence-electron chi connectivity index (χ1n) is 2.79. The molecule has 0 aromatic rings. The second kappa shape index (κ2) is 5.53. The Labute approximate surface area is 54.4 Å². The van der Waals surface area contributed by atoms with Gasteiger partial charge in [0.1, 0.15) is 6.10 Å². The Balaban J connectivity index is 3.28. The third-order valence-corrected chi connectivity index (χ3v) is 0.943. The lowest BCUT2D eigenvalue weighted by Crippen LogP contribution is -2.33. The predicted octanol–water partition coefficient (Wildman–Crippen LogP) is -1.29. The van der Waals surface area contributed by atoms with E-state index in [2.05, 4.69) is 10.1 Å². The Hall–Kier alpha value is -0.610. The second-order valence-electron chi connectivity index (χ2n) is 1.65. The third-order valence-electron chi connectivity index (χ3n) is 0.943. The molecule has 0 saturated heterocycles. The van der Waals surface area contributed by atoms with E-state index < -0.39 is 0 Å². The van der Waals surface area contributed by atoms with E-state index in [0.717, 1.165) is 0 Å². The van der Waals surface area contributed by atoms with Crippen molar-refractivity contribution in [3.8, 4) is 0 Å². The molecule has 3 N–H and O–H groups in total. The molecule has 0 saturated carbocycles. The molecule has 0 rings (SSSR count). The van der Waals surface area contributed by atoms with E-state index >= 15 is 0 Å². The number of rotatable bonds is 5. The summed E-state index contributed by atoms with van der Waals surface area (Å²) in [5.41, 5.74) is 5.22. The van der Waals surface area contributed by atoms with Crippen molar-refractivity contribution in [1.82, 2.24) is 5.32 Å². The molecule has 0 aromatic carbocycles. The second-order valence-corrected chi connectivity index (χ2v) is 1.65. The quantitative estimate of drug-likeness (QED) is 0.457. The van der Waals surface area contributed by atoms with Gasteiger partial charge < -0.3 is 15.8 Å². The van der Waals surface area contributed by atoms with E-state index in [0.29, 0.717) is 19.6 Å². The fourth-order valence-electron chi connectivity index (χ4n) is 0.493. The Morgan fingerprint density at radius 2 is 2.56 bits per heavy atom. The van der Waals surface area contributed by atoms with Gasteiger partial charge in [0.05, 0.1) is 0 Å². The number of nitrogens with two attached hydrogens (primary N) is 1. The van der Waals surface area contributed by atoms with Crippen LogP contribution in [0.15, 0.2) is 0 Å². The van der Waals surface area contributed by atoms with Crippen LogP contribution in [0, 0.1) is 0 Å². The number of carbonyl (C=O) groups is 1. The van der Waals surface area contributed by atoms with Gasteiger partial charge in [-0.3, -0.25) is 4.79 Å². The van der Waals surface area contributed by atoms with Crippen LogP contribution in [0.3, 0.4) is 0 Å². The Morgan fingerprint density at radius 3 is 2.89 bits per heavy atom. The third kappa shape index (κ3) is 3.93. The summed E-state index contributed by atoms with van der Waals surface area (Å²) < 4.78 is 4.56. The van der Waals surface area contributed by atoms with Gasteiger partial charge in [-0.05, 0) is 7.05 Å². The highest BCUT2D eigenvalue weighted by Crippen LogP contribution is 1.81. The number of ether oxygens (including phenoxy) is 1. The summed E-state index contributed by atoms with van der Waals surface area (Å²) in [5, 5.41) is 2.84. The molecule has 0 aromatic heterocycles. The van der Waals surface area contributed by atoms with Crippen molar-refractivity contribution >= 4 is 6.47 Å². The van der Waals surface area contributed by atoms with E-state index in [1.807, 2.05) is 0 Å². The summed E-state index contributed by atoms with van der Waals surface area (Å²) in [6.45, 7) is 1.38. The molecule has 1 unspecified atom stereocenters. The average molecular weight is 132 g/mol. The fourth-order valence-corrected chi connectivity index (χ4v) is 0.493. The summed E-state index contributed by atoms with van der Waals surface area (Å²) >= 11 is 0. The highest BCUT2D eigenvalue weighted by molar-refractivity contribution is 5.37. The van der Waals surface area contributed by atoms with Gasteiger partial charge in [-0.25, -0.2) is 0 Å². The van der Waals surface area contributed by atoms with Gasteiger partial charge in [0, 0.05) is 13.1 Å². The monoisotopic (exact) mass is 132 g/mol. The molecule has 0 aliphatic heterocycles. The maximum absolute atomic E-state index is 9.74. The molecule has 0 amide bonds. The summed E-state index contributed by atoms with van der Waals surface area (Å²) in [6.07, 6.45) is -0.188. The zero-order chi connectivity index (χ0) is 7.11. The zero-order valence-electron chi connectivity index (χ0n) is 5.46. The first-order valence-corrected chi connectivity index (χ1v) is 2.79. The van der Waals surface area contributed by atoms with Crippen LogP contribution in [0.25, 0.3) is 0 Å². The molecule has 0 fully saturated rings. The first-order chi connectivity index (χ1) is 4.35. The molecule has 9 heavy (non-hydrogen) atoms. The smallest absolute Gasteiger partial charge is 0.293 e. The first kappa shape index (κ1) is 8.39. The zero-order valence-corrected chi connectivity index (χ0v) is 5.46. The topological polar surface area (TPSA) is 64.3 Å². The molecule has 0 heterocycles. The van der Waals surface area contributed by atoms with Gasteiger partial charge >= 0.3 is 0 Å². The molecule has 0 aliphatic carbocycles. The normalized spacial score (nSPS) is 12.7. The lowest BCUT2D eigenvalue weighted by molar-refractivity contribution is -0.132. The van der Waals surface area contributed by atoms with E-state index in [1.165, 1.54) is 0 Å². The van der Waals surface area contributed by atoms with Gasteiger partial charge in [0.25, 0.3) is 6.47 Å². The van der Waals surface area contributed by atoms with Crippen molar-refractivity contribution in [2.24, 2.45) is 5.73 Å². The van der Waals surface area contributed by atoms with Crippen molar-refractivity contribution in [3.05, 3.63) is 0 Å². The van der Waals surface area contributed by atoms with Crippen LogP contribution in [0.1, 0.15) is 0 Å². The maximum Gasteiger partial charge on any atom is 0.293 e. The van der Waals surface area contributed by atoms with E-state index in [4.69, 9.17) is 5.73 Å². The van der Waals surface area contributed by atoms with Gasteiger partial charge in [-0.15, -0.1) is 0 Å². The molecule has 0 spiro atoms. The average Bonchev–Trinajstić information content (AvgIpc) is 1.88. The maximum atomic E-state index is 9.74. The van der Waals surface area contributed by atoms with Gasteiger partial charge in [-0.2, -0.15) is 0 Å². The Bertz CT molecular complexity index is 77.4. The van der Waals surface area contributed by atoms with Crippen molar-refractivity contribution in [2.45, 2.75) is 6.10 Å². The highest BCUT2D eigenvalue weighted by atomic mass is 16.5. The molecular formula is C5H12N2O2. The van der Waals surface area contributed by atoms with Crippen molar-refractivity contribution in [3.63, 3.8) is 0 Å². The molecule has 54 valence electrons. The minimum Gasteiger partial charge on any atom is -0.462 e. The molecule has 0 bridgehead atoms. The summed E-state index contributed by atoms with van der Waals surface area (Å²) in [4.78, 5) is 9.74. The van der Waals surface area contributed by atoms with Gasteiger partial charge in [0.15, 0.2) is 0 Å². The van der Waals surface area contributed by atoms with Crippen LogP contribution >= 0.6 is 0 Å². The largest absolute Gasteiger partial charge is 0.462 e. The van der Waals surface area contributed by atoms with Crippen LogP contribution in [0.4, 0.5) is 0 Å². The Morgan fingerprint density at radius 1 is 1.89 bits per heavy atom. The number of likely N-dealkylation sites (N-methyl/N-ethyl adjacent to an activating group) is 1. The fraction of sp³-hybridized carbons (Fsp3) is 0.800. The SMILES string of the molecule is CNCC(CN)OC=O. The molecule has 4 nitrogen and oxygen atoms in total. The summed E-state index contributed by atoms with van der Waals surface area (Å²) in [5.74, 6) is 0. The lowest BCUT2D eigenvalue weighted by Gasteiger charge is -2.10. The minimum atomic E-state index is -0.188. The van der Waals surface area contributed by atoms with Crippen molar-refractivity contribution < 1.29 is 9.53 Å². The number of carbonyl (C=O) groups excluding carboxylic acids is 1. The predicted molar refractivity (Wildman–Crippen MR) is 33.9 cm³/mol. The molecule has 0 aliphatic rings. The van der Waals surface area contributed by atoms with E-state index in [1.54, 1.807) is 7.05 Å². The van der Waals surface area contributed by atoms with Gasteiger partial charge in [0.2, 0.25) is 0 Å². The van der Waals surface area contributed by atoms with Crippen molar-refractivity contribution in [2.75, 3.05) is 20.1 Å². The van der Waals surface area contributed by atoms with Gasteiger partial charge in [-0.1, -0.05) is 0 Å². The summed E-state index contributed by atoms with van der Waals surface area (Å²) in [6, 6.07) is 0. The molecule has 0 radical (unpaired) electrons. The Kier molecular flexibility index (Phi) is 5.15. The highest BCUT2D eigenvalue weighted by Gasteiger charge is 2.02. The van der Waals surface area contributed by atoms with E-state index in [9.17, 15) is 4.79 Å².